The Labute approximate surface area is 153 Å². The van der Waals surface area contributed by atoms with Crippen molar-refractivity contribution in [1.82, 2.24) is 5.32 Å². The lowest BCUT2D eigenvalue weighted by atomic mass is 10.1. The van der Waals surface area contributed by atoms with E-state index in [4.69, 9.17) is 9.15 Å². The van der Waals surface area contributed by atoms with Gasteiger partial charge in [0.05, 0.1) is 5.39 Å². The zero-order chi connectivity index (χ0) is 19.4. The number of carbonyl (C=O) groups is 2. The van der Waals surface area contributed by atoms with Crippen LogP contribution in [0.3, 0.4) is 0 Å². The van der Waals surface area contributed by atoms with Gasteiger partial charge < -0.3 is 14.5 Å². The molecular weight excluding hydrogens is 353 g/mol. The van der Waals surface area contributed by atoms with Crippen LogP contribution in [-0.2, 0) is 16.1 Å². The third-order valence-electron chi connectivity index (χ3n) is 3.82. The van der Waals surface area contributed by atoms with Crippen LogP contribution in [0.5, 0.6) is 0 Å². The standard InChI is InChI=1S/C20H16FNO5/c1-12-2-7-17-15(8-12)16(23)9-18(27-17)20(25)26-11-19(24)22-10-13-3-5-14(21)6-4-13/h2-9H,10-11H2,1H3,(H,22,24). The van der Waals surface area contributed by atoms with Crippen molar-refractivity contribution in [2.75, 3.05) is 6.61 Å². The Kier molecular flexibility index (Phi) is 5.30. The first kappa shape index (κ1) is 18.3. The Balaban J connectivity index is 1.59. The van der Waals surface area contributed by atoms with E-state index < -0.39 is 18.5 Å². The Morgan fingerprint density at radius 2 is 1.85 bits per heavy atom. The predicted molar refractivity (Wildman–Crippen MR) is 95.8 cm³/mol. The first-order chi connectivity index (χ1) is 12.9. The van der Waals surface area contributed by atoms with Crippen molar-refractivity contribution >= 4 is 22.8 Å². The molecule has 2 aromatic carbocycles. The number of fused-ring (bicyclic) bond motifs is 1. The Morgan fingerprint density at radius 3 is 2.59 bits per heavy atom. The predicted octanol–water partition coefficient (Wildman–Crippen LogP) is 2.71. The number of esters is 1. The highest BCUT2D eigenvalue weighted by atomic mass is 19.1. The molecule has 0 aliphatic carbocycles. The molecule has 0 saturated heterocycles. The number of ether oxygens (including phenoxy) is 1. The van der Waals surface area contributed by atoms with Gasteiger partial charge >= 0.3 is 5.97 Å². The average Bonchev–Trinajstić information content (AvgIpc) is 2.66. The minimum Gasteiger partial charge on any atom is -0.450 e. The van der Waals surface area contributed by atoms with E-state index in [1.54, 1.807) is 18.2 Å². The highest BCUT2D eigenvalue weighted by Crippen LogP contribution is 2.14. The van der Waals surface area contributed by atoms with Crippen molar-refractivity contribution in [1.29, 1.82) is 0 Å². The van der Waals surface area contributed by atoms with E-state index in [9.17, 15) is 18.8 Å². The maximum absolute atomic E-state index is 12.8. The zero-order valence-corrected chi connectivity index (χ0v) is 14.5. The van der Waals surface area contributed by atoms with Gasteiger partial charge in [-0.2, -0.15) is 0 Å². The first-order valence-corrected chi connectivity index (χ1v) is 8.15. The van der Waals surface area contributed by atoms with E-state index in [0.29, 0.717) is 10.9 Å². The molecule has 0 bridgehead atoms. The van der Waals surface area contributed by atoms with Crippen LogP contribution in [0.1, 0.15) is 21.7 Å². The second-order valence-corrected chi connectivity index (χ2v) is 5.95. The molecule has 0 atom stereocenters. The molecule has 0 aliphatic rings. The second-order valence-electron chi connectivity index (χ2n) is 5.95. The topological polar surface area (TPSA) is 85.6 Å². The van der Waals surface area contributed by atoms with Gasteiger partial charge in [0.2, 0.25) is 5.76 Å². The van der Waals surface area contributed by atoms with Crippen LogP contribution in [0.15, 0.2) is 57.7 Å². The summed E-state index contributed by atoms with van der Waals surface area (Å²) >= 11 is 0. The van der Waals surface area contributed by atoms with Crippen LogP contribution in [-0.4, -0.2) is 18.5 Å². The smallest absolute Gasteiger partial charge is 0.374 e. The average molecular weight is 369 g/mol. The number of benzene rings is 2. The third kappa shape index (κ3) is 4.58. The molecule has 7 heteroatoms. The summed E-state index contributed by atoms with van der Waals surface area (Å²) in [6.07, 6.45) is 0. The molecular formula is C20H16FNO5. The zero-order valence-electron chi connectivity index (χ0n) is 14.5. The molecule has 1 amide bonds. The monoisotopic (exact) mass is 369 g/mol. The van der Waals surface area contributed by atoms with E-state index in [0.717, 1.165) is 11.6 Å². The Morgan fingerprint density at radius 1 is 1.11 bits per heavy atom. The lowest BCUT2D eigenvalue weighted by Gasteiger charge is -2.07. The fourth-order valence-electron chi connectivity index (χ4n) is 2.43. The number of hydrogen-bond donors (Lipinski definition) is 1. The van der Waals surface area contributed by atoms with Crippen molar-refractivity contribution < 1.29 is 23.1 Å². The molecule has 0 saturated carbocycles. The van der Waals surface area contributed by atoms with Crippen molar-refractivity contribution in [2.45, 2.75) is 13.5 Å². The van der Waals surface area contributed by atoms with Gasteiger partial charge in [-0.05, 0) is 36.8 Å². The third-order valence-corrected chi connectivity index (χ3v) is 3.82. The molecule has 6 nitrogen and oxygen atoms in total. The summed E-state index contributed by atoms with van der Waals surface area (Å²) in [5, 5.41) is 2.91. The fourth-order valence-corrected chi connectivity index (χ4v) is 2.43. The number of halogens is 1. The van der Waals surface area contributed by atoms with Gasteiger partial charge in [0.15, 0.2) is 12.0 Å². The van der Waals surface area contributed by atoms with Gasteiger partial charge in [-0.3, -0.25) is 9.59 Å². The highest BCUT2D eigenvalue weighted by molar-refractivity contribution is 5.90. The molecule has 1 aromatic heterocycles. The molecule has 0 aliphatic heterocycles. The molecule has 3 rings (SSSR count). The molecule has 1 N–H and O–H groups in total. The van der Waals surface area contributed by atoms with Gasteiger partial charge in [-0.1, -0.05) is 23.8 Å². The SMILES string of the molecule is Cc1ccc2oc(C(=O)OCC(=O)NCc3ccc(F)cc3)cc(=O)c2c1. The second kappa shape index (κ2) is 7.82. The van der Waals surface area contributed by atoms with Gasteiger partial charge in [0, 0.05) is 12.6 Å². The van der Waals surface area contributed by atoms with Crippen LogP contribution in [0, 0.1) is 12.7 Å². The summed E-state index contributed by atoms with van der Waals surface area (Å²) in [5.41, 5.74) is 1.49. The fraction of sp³-hybridized carbons (Fsp3) is 0.150. The molecule has 3 aromatic rings. The summed E-state index contributed by atoms with van der Waals surface area (Å²) in [7, 11) is 0. The largest absolute Gasteiger partial charge is 0.450 e. The van der Waals surface area contributed by atoms with Gasteiger partial charge in [-0.25, -0.2) is 9.18 Å². The Bertz CT molecular complexity index is 1060. The molecule has 1 heterocycles. The molecule has 0 fully saturated rings. The van der Waals surface area contributed by atoms with Crippen molar-refractivity contribution in [3.63, 3.8) is 0 Å². The lowest BCUT2D eigenvalue weighted by molar-refractivity contribution is -0.124. The number of rotatable bonds is 5. The highest BCUT2D eigenvalue weighted by Gasteiger charge is 2.15. The van der Waals surface area contributed by atoms with Gasteiger partial charge in [-0.15, -0.1) is 0 Å². The van der Waals surface area contributed by atoms with E-state index in [2.05, 4.69) is 5.32 Å². The summed E-state index contributed by atoms with van der Waals surface area (Å²) in [6.45, 7) is 1.47. The van der Waals surface area contributed by atoms with Crippen LogP contribution in [0.2, 0.25) is 0 Å². The summed E-state index contributed by atoms with van der Waals surface area (Å²) < 4.78 is 23.1. The van der Waals surface area contributed by atoms with Crippen molar-refractivity contribution in [3.05, 3.63) is 81.5 Å². The summed E-state index contributed by atoms with van der Waals surface area (Å²) in [4.78, 5) is 35.9. The minimum absolute atomic E-state index is 0.168. The number of hydrogen-bond acceptors (Lipinski definition) is 5. The van der Waals surface area contributed by atoms with Crippen LogP contribution < -0.4 is 10.7 Å². The Hall–Kier alpha value is -3.48. The number of nitrogens with one attached hydrogen (secondary N) is 1. The van der Waals surface area contributed by atoms with Crippen LogP contribution in [0.4, 0.5) is 4.39 Å². The van der Waals surface area contributed by atoms with Gasteiger partial charge in [0.1, 0.15) is 11.4 Å². The summed E-state index contributed by atoms with van der Waals surface area (Å²) in [5.74, 6) is -2.09. The minimum atomic E-state index is -0.911. The molecule has 0 radical (unpaired) electrons. The van der Waals surface area contributed by atoms with Crippen LogP contribution >= 0.6 is 0 Å². The quantitative estimate of drug-likeness (QED) is 0.699. The van der Waals surface area contributed by atoms with E-state index >= 15 is 0 Å². The van der Waals surface area contributed by atoms with Crippen molar-refractivity contribution in [3.8, 4) is 0 Å². The van der Waals surface area contributed by atoms with Gasteiger partial charge in [0.25, 0.3) is 5.91 Å². The normalized spacial score (nSPS) is 10.6. The maximum atomic E-state index is 12.8. The van der Waals surface area contributed by atoms with E-state index in [1.807, 2.05) is 6.92 Å². The number of aryl methyl sites for hydroxylation is 1. The number of amides is 1. The van der Waals surface area contributed by atoms with E-state index in [-0.39, 0.29) is 29.1 Å². The maximum Gasteiger partial charge on any atom is 0.374 e. The molecule has 138 valence electrons. The molecule has 0 spiro atoms. The summed E-state index contributed by atoms with van der Waals surface area (Å²) in [6, 6.07) is 11.7. The number of carbonyl (C=O) groups excluding carboxylic acids is 2. The molecule has 27 heavy (non-hydrogen) atoms. The molecule has 0 unspecified atom stereocenters. The van der Waals surface area contributed by atoms with Crippen LogP contribution in [0.25, 0.3) is 11.0 Å². The van der Waals surface area contributed by atoms with Crippen molar-refractivity contribution in [2.24, 2.45) is 0 Å². The van der Waals surface area contributed by atoms with E-state index in [1.165, 1.54) is 24.3 Å². The first-order valence-electron chi connectivity index (χ1n) is 8.15. The lowest BCUT2D eigenvalue weighted by Crippen LogP contribution is -2.28.